The van der Waals surface area contributed by atoms with Crippen molar-refractivity contribution in [2.24, 2.45) is 11.1 Å². The van der Waals surface area contributed by atoms with E-state index in [2.05, 4.69) is 0 Å². The summed E-state index contributed by atoms with van der Waals surface area (Å²) in [6.07, 6.45) is 0.405. The molecule has 1 aliphatic carbocycles. The first kappa shape index (κ1) is 23.5. The van der Waals surface area contributed by atoms with Gasteiger partial charge in [-0.1, -0.05) is 13.8 Å². The third kappa shape index (κ3) is 3.98. The van der Waals surface area contributed by atoms with Gasteiger partial charge in [-0.05, 0) is 19.1 Å². The van der Waals surface area contributed by atoms with Gasteiger partial charge in [-0.25, -0.2) is 8.78 Å². The molecule has 0 radical (unpaired) electrons. The fourth-order valence-corrected chi connectivity index (χ4v) is 4.03. The van der Waals surface area contributed by atoms with Crippen molar-refractivity contribution in [1.29, 1.82) is 0 Å². The van der Waals surface area contributed by atoms with Gasteiger partial charge in [0.25, 0.3) is 5.91 Å². The number of hydrogen-bond donors (Lipinski definition) is 1. The number of halogens is 3. The summed E-state index contributed by atoms with van der Waals surface area (Å²) in [6.45, 7) is 7.54. The molecule has 2 amide bonds. The first-order valence-electron chi connectivity index (χ1n) is 9.56. The molecule has 1 heterocycles. The van der Waals surface area contributed by atoms with Gasteiger partial charge in [0.2, 0.25) is 5.91 Å². The first-order chi connectivity index (χ1) is 13.1. The van der Waals surface area contributed by atoms with Crippen LogP contribution in [-0.2, 0) is 9.53 Å². The highest BCUT2D eigenvalue weighted by Crippen LogP contribution is 2.50. The fraction of sp³-hybridized carbons (Fsp3) is 0.600. The largest absolute Gasteiger partial charge is 0.378 e. The number of benzene rings is 1. The van der Waals surface area contributed by atoms with E-state index in [1.54, 1.807) is 4.90 Å². The van der Waals surface area contributed by atoms with E-state index in [4.69, 9.17) is 10.5 Å². The van der Waals surface area contributed by atoms with Gasteiger partial charge in [-0.2, -0.15) is 0 Å². The summed E-state index contributed by atoms with van der Waals surface area (Å²) in [4.78, 5) is 28.7. The Morgan fingerprint density at radius 3 is 2.28 bits per heavy atom. The highest BCUT2D eigenvalue weighted by molar-refractivity contribution is 5.95. The Balaban J connectivity index is 0.00000300. The standard InChI is InChI=1S/C20H27F2N3O3.ClH/c1-4-28-16-12-20(23,19(16,2)3)18(27)25-9-7-24(8-10-25)17(26)14-6-5-13(21)11-15(14)22;/h5-6,11,16H,4,7-10,12,23H2,1-3H3;1H. The molecule has 3 rings (SSSR count). The van der Waals surface area contributed by atoms with Crippen LogP contribution in [0.1, 0.15) is 37.6 Å². The van der Waals surface area contributed by atoms with Crippen molar-refractivity contribution in [2.45, 2.75) is 38.8 Å². The smallest absolute Gasteiger partial charge is 0.256 e. The monoisotopic (exact) mass is 431 g/mol. The van der Waals surface area contributed by atoms with E-state index in [0.29, 0.717) is 32.2 Å². The van der Waals surface area contributed by atoms with Gasteiger partial charge < -0.3 is 20.3 Å². The number of amides is 2. The molecule has 9 heteroatoms. The van der Waals surface area contributed by atoms with Crippen molar-refractivity contribution in [2.75, 3.05) is 32.8 Å². The Bertz CT molecular complexity index is 784. The molecule has 0 spiro atoms. The number of nitrogens with two attached hydrogens (primary N) is 1. The molecule has 1 aliphatic heterocycles. The maximum Gasteiger partial charge on any atom is 0.256 e. The third-order valence-electron chi connectivity index (χ3n) is 6.23. The molecule has 0 aromatic heterocycles. The highest BCUT2D eigenvalue weighted by atomic mass is 35.5. The Morgan fingerprint density at radius 1 is 1.17 bits per heavy atom. The summed E-state index contributed by atoms with van der Waals surface area (Å²) in [5, 5.41) is 0. The van der Waals surface area contributed by atoms with Crippen molar-refractivity contribution >= 4 is 24.2 Å². The third-order valence-corrected chi connectivity index (χ3v) is 6.23. The summed E-state index contributed by atoms with van der Waals surface area (Å²) in [5.74, 6) is -2.27. The van der Waals surface area contributed by atoms with E-state index in [-0.39, 0.29) is 43.1 Å². The Hall–Kier alpha value is -1.77. The molecule has 2 aliphatic rings. The van der Waals surface area contributed by atoms with Crippen LogP contribution < -0.4 is 5.73 Å². The number of ether oxygens (including phenoxy) is 1. The van der Waals surface area contributed by atoms with Crippen molar-refractivity contribution in [3.63, 3.8) is 0 Å². The van der Waals surface area contributed by atoms with E-state index < -0.39 is 28.5 Å². The predicted molar refractivity (Wildman–Crippen MR) is 107 cm³/mol. The van der Waals surface area contributed by atoms with Gasteiger partial charge in [-0.3, -0.25) is 9.59 Å². The van der Waals surface area contributed by atoms with Crippen molar-refractivity contribution in [3.05, 3.63) is 35.4 Å². The molecule has 2 N–H and O–H groups in total. The summed E-state index contributed by atoms with van der Waals surface area (Å²) in [5.41, 5.74) is 4.81. The van der Waals surface area contributed by atoms with Crippen LogP contribution >= 0.6 is 12.4 Å². The molecular formula is C20H28ClF2N3O3. The lowest BCUT2D eigenvalue weighted by Crippen LogP contribution is -2.76. The van der Waals surface area contributed by atoms with Crippen molar-refractivity contribution in [3.8, 4) is 0 Å². The van der Waals surface area contributed by atoms with Gasteiger partial charge in [-0.15, -0.1) is 12.4 Å². The van der Waals surface area contributed by atoms with Crippen LogP contribution in [0.2, 0.25) is 0 Å². The molecule has 162 valence electrons. The van der Waals surface area contributed by atoms with E-state index in [9.17, 15) is 18.4 Å². The molecule has 2 fully saturated rings. The fourth-order valence-electron chi connectivity index (χ4n) is 4.03. The average Bonchev–Trinajstić information content (AvgIpc) is 2.66. The zero-order valence-electron chi connectivity index (χ0n) is 16.9. The molecule has 29 heavy (non-hydrogen) atoms. The molecule has 0 bridgehead atoms. The molecule has 2 atom stereocenters. The van der Waals surface area contributed by atoms with Gasteiger partial charge in [0.15, 0.2) is 0 Å². The second-order valence-electron chi connectivity index (χ2n) is 8.05. The lowest BCUT2D eigenvalue weighted by atomic mass is 9.54. The van der Waals surface area contributed by atoms with Crippen molar-refractivity contribution < 1.29 is 23.1 Å². The van der Waals surface area contributed by atoms with E-state index in [0.717, 1.165) is 12.1 Å². The summed E-state index contributed by atoms with van der Waals surface area (Å²) >= 11 is 0. The van der Waals surface area contributed by atoms with Crippen LogP contribution in [0.25, 0.3) is 0 Å². The molecule has 6 nitrogen and oxygen atoms in total. The second kappa shape index (κ2) is 8.53. The zero-order chi connectivity index (χ0) is 20.7. The van der Waals surface area contributed by atoms with E-state index in [1.165, 1.54) is 4.90 Å². The van der Waals surface area contributed by atoms with Crippen LogP contribution in [-0.4, -0.2) is 66.0 Å². The number of carbonyl (C=O) groups is 2. The topological polar surface area (TPSA) is 75.9 Å². The predicted octanol–water partition coefficient (Wildman–Crippen LogP) is 2.20. The van der Waals surface area contributed by atoms with Gasteiger partial charge in [0, 0.05) is 50.7 Å². The number of hydrogen-bond acceptors (Lipinski definition) is 4. The van der Waals surface area contributed by atoms with E-state index >= 15 is 0 Å². The van der Waals surface area contributed by atoms with Crippen LogP contribution in [0.15, 0.2) is 18.2 Å². The normalized spacial score (nSPS) is 25.8. The highest BCUT2D eigenvalue weighted by Gasteiger charge is 2.63. The first-order valence-corrected chi connectivity index (χ1v) is 9.56. The van der Waals surface area contributed by atoms with Crippen LogP contribution in [0.5, 0.6) is 0 Å². The second-order valence-corrected chi connectivity index (χ2v) is 8.05. The number of piperazine rings is 1. The molecule has 1 aromatic rings. The van der Waals surface area contributed by atoms with Crippen molar-refractivity contribution in [1.82, 2.24) is 9.80 Å². The SMILES string of the molecule is CCOC1CC(N)(C(=O)N2CCN(C(=O)c3ccc(F)cc3F)CC2)C1(C)C.Cl. The van der Waals surface area contributed by atoms with Crippen LogP contribution in [0.4, 0.5) is 8.78 Å². The summed E-state index contributed by atoms with van der Waals surface area (Å²) in [7, 11) is 0. The van der Waals surface area contributed by atoms with Gasteiger partial charge in [0.1, 0.15) is 17.2 Å². The van der Waals surface area contributed by atoms with E-state index in [1.807, 2.05) is 20.8 Å². The van der Waals surface area contributed by atoms with Gasteiger partial charge >= 0.3 is 0 Å². The molecular weight excluding hydrogens is 404 g/mol. The average molecular weight is 432 g/mol. The molecule has 1 aromatic carbocycles. The maximum atomic E-state index is 13.9. The lowest BCUT2D eigenvalue weighted by molar-refractivity contribution is -0.180. The van der Waals surface area contributed by atoms with Crippen LogP contribution in [0, 0.1) is 17.0 Å². The Morgan fingerprint density at radius 2 is 1.76 bits per heavy atom. The van der Waals surface area contributed by atoms with Gasteiger partial charge in [0.05, 0.1) is 11.7 Å². The number of rotatable bonds is 4. The minimum absolute atomic E-state index is 0. The molecule has 1 saturated carbocycles. The number of carbonyl (C=O) groups excluding carboxylic acids is 2. The maximum absolute atomic E-state index is 13.9. The molecule has 2 unspecified atom stereocenters. The lowest BCUT2D eigenvalue weighted by Gasteiger charge is -2.59. The summed E-state index contributed by atoms with van der Waals surface area (Å²) in [6, 6.07) is 2.89. The Kier molecular flexibility index (Phi) is 6.92. The quantitative estimate of drug-likeness (QED) is 0.793. The van der Waals surface area contributed by atoms with Crippen LogP contribution in [0.3, 0.4) is 0 Å². The minimum atomic E-state index is -0.998. The minimum Gasteiger partial charge on any atom is -0.378 e. The number of nitrogens with zero attached hydrogens (tertiary/aromatic N) is 2. The Labute approximate surface area is 175 Å². The summed E-state index contributed by atoms with van der Waals surface area (Å²) < 4.78 is 32.6. The zero-order valence-corrected chi connectivity index (χ0v) is 17.7. The molecule has 1 saturated heterocycles.